The van der Waals surface area contributed by atoms with Gasteiger partial charge in [-0.25, -0.2) is 9.13 Å². The molecule has 0 rings (SSSR count). The normalized spacial score (nSPS) is 14.3. The average Bonchev–Trinajstić information content (AvgIpc) is 3.42. The van der Waals surface area contributed by atoms with E-state index in [4.69, 9.17) is 37.0 Å². The number of phosphoric acid groups is 2. The summed E-state index contributed by atoms with van der Waals surface area (Å²) >= 11 is 0. The van der Waals surface area contributed by atoms with Gasteiger partial charge >= 0.3 is 39.5 Å². The van der Waals surface area contributed by atoms with E-state index in [0.717, 1.165) is 95.8 Å². The van der Waals surface area contributed by atoms with Crippen molar-refractivity contribution in [3.05, 3.63) is 0 Å². The Morgan fingerprint density at radius 2 is 0.527 bits per heavy atom. The molecule has 0 aliphatic rings. The molecule has 0 fully saturated rings. The number of hydrogen-bond donors (Lipinski definition) is 3. The molecule has 0 heterocycles. The first-order valence-corrected chi connectivity index (χ1v) is 40.7. The van der Waals surface area contributed by atoms with Crippen LogP contribution in [0.25, 0.3) is 0 Å². The highest BCUT2D eigenvalue weighted by molar-refractivity contribution is 7.47. The van der Waals surface area contributed by atoms with E-state index >= 15 is 0 Å². The highest BCUT2D eigenvalue weighted by atomic mass is 31.2. The van der Waals surface area contributed by atoms with Gasteiger partial charge in [-0.15, -0.1) is 0 Å². The molecule has 6 atom stereocenters. The van der Waals surface area contributed by atoms with E-state index in [1.54, 1.807) is 0 Å². The van der Waals surface area contributed by atoms with Crippen molar-refractivity contribution in [2.75, 3.05) is 39.6 Å². The van der Waals surface area contributed by atoms with Gasteiger partial charge in [0.15, 0.2) is 12.2 Å². The number of ether oxygens (including phenoxy) is 4. The summed E-state index contributed by atoms with van der Waals surface area (Å²) in [5, 5.41) is 10.6. The molecule has 0 saturated heterocycles. The largest absolute Gasteiger partial charge is 0.472 e. The predicted molar refractivity (Wildman–Crippen MR) is 368 cm³/mol. The van der Waals surface area contributed by atoms with Gasteiger partial charge in [-0.2, -0.15) is 0 Å². The SMILES string of the molecule is CCCCCCCCCCCCCCC(=O)OC[C@H](COP(=O)(O)OC[C@@H](O)COP(=O)(O)OC[C@@H](COC(=O)CCCCCCCCCCCC)OC(=O)CCCCCCCCCCCCC)OC(=O)CCCCCCCCCCCCCCCCC(C)CC. The van der Waals surface area contributed by atoms with Gasteiger partial charge in [0, 0.05) is 25.7 Å². The Kier molecular flexibility index (Phi) is 64.0. The van der Waals surface area contributed by atoms with Gasteiger partial charge < -0.3 is 33.8 Å². The molecule has 540 valence electrons. The molecule has 91 heavy (non-hydrogen) atoms. The summed E-state index contributed by atoms with van der Waals surface area (Å²) in [6.45, 7) is 7.31. The molecule has 0 aliphatic carbocycles. The number of unbranched alkanes of at least 4 members (excludes halogenated alkanes) is 43. The standard InChI is InChI=1S/C72H140O17P2/c1-6-10-13-16-19-22-25-32-36-41-46-51-56-70(75)83-62-68(89-72(77)58-53-48-43-38-33-29-27-26-28-31-34-39-44-49-54-65(5)9-4)64-87-91(80,81)85-60-66(73)59-84-90(78,79)86-63-67(61-82-69(74)55-50-45-40-35-24-21-18-15-12-8-3)88-71(76)57-52-47-42-37-30-23-20-17-14-11-7-2/h65-68,73H,6-64H2,1-5H3,(H,78,79)(H,80,81)/t65?,66-,67+,68+/m0/s1. The van der Waals surface area contributed by atoms with Crippen molar-refractivity contribution in [2.24, 2.45) is 5.92 Å². The van der Waals surface area contributed by atoms with Gasteiger partial charge in [0.25, 0.3) is 0 Å². The minimum absolute atomic E-state index is 0.107. The van der Waals surface area contributed by atoms with Crippen LogP contribution < -0.4 is 0 Å². The first kappa shape index (κ1) is 89.1. The van der Waals surface area contributed by atoms with Crippen molar-refractivity contribution in [1.29, 1.82) is 0 Å². The molecule has 0 aliphatic heterocycles. The van der Waals surface area contributed by atoms with Crippen LogP contribution in [-0.2, 0) is 65.4 Å². The van der Waals surface area contributed by atoms with Crippen molar-refractivity contribution in [1.82, 2.24) is 0 Å². The van der Waals surface area contributed by atoms with Crippen molar-refractivity contribution >= 4 is 39.5 Å². The summed E-state index contributed by atoms with van der Waals surface area (Å²) in [6.07, 6.45) is 52.5. The zero-order valence-corrected chi connectivity index (χ0v) is 60.8. The number of phosphoric ester groups is 2. The lowest BCUT2D eigenvalue weighted by Crippen LogP contribution is -2.30. The summed E-state index contributed by atoms with van der Waals surface area (Å²) < 4.78 is 68.3. The minimum atomic E-state index is -4.95. The maximum Gasteiger partial charge on any atom is 0.472 e. The van der Waals surface area contributed by atoms with Crippen LogP contribution in [0.3, 0.4) is 0 Å². The minimum Gasteiger partial charge on any atom is -0.462 e. The lowest BCUT2D eigenvalue weighted by Gasteiger charge is -2.21. The number of hydrogen-bond acceptors (Lipinski definition) is 15. The molecule has 19 heteroatoms. The Balaban J connectivity index is 5.22. The molecule has 0 spiro atoms. The van der Waals surface area contributed by atoms with Gasteiger partial charge in [0.05, 0.1) is 26.4 Å². The number of aliphatic hydroxyl groups excluding tert-OH is 1. The smallest absolute Gasteiger partial charge is 0.462 e. The molecule has 17 nitrogen and oxygen atoms in total. The van der Waals surface area contributed by atoms with Gasteiger partial charge in [0.1, 0.15) is 19.3 Å². The number of carbonyl (C=O) groups is 4. The number of rotatable bonds is 72. The topological polar surface area (TPSA) is 237 Å². The summed E-state index contributed by atoms with van der Waals surface area (Å²) in [5.41, 5.74) is 0. The fourth-order valence-corrected chi connectivity index (χ4v) is 12.5. The van der Waals surface area contributed by atoms with E-state index in [-0.39, 0.29) is 25.7 Å². The zero-order valence-electron chi connectivity index (χ0n) is 59.0. The monoisotopic (exact) mass is 1340 g/mol. The first-order valence-electron chi connectivity index (χ1n) is 37.7. The second-order valence-electron chi connectivity index (χ2n) is 26.2. The second-order valence-corrected chi connectivity index (χ2v) is 29.1. The number of aliphatic hydroxyl groups is 1. The predicted octanol–water partition coefficient (Wildman–Crippen LogP) is 20.9. The highest BCUT2D eigenvalue weighted by Crippen LogP contribution is 2.45. The molecule has 3 N–H and O–H groups in total. The van der Waals surface area contributed by atoms with E-state index in [0.29, 0.717) is 25.7 Å². The van der Waals surface area contributed by atoms with Crippen molar-refractivity contribution in [2.45, 2.75) is 393 Å². The Labute approximate surface area is 556 Å². The summed E-state index contributed by atoms with van der Waals surface area (Å²) in [7, 11) is -9.90. The molecule has 0 aromatic carbocycles. The van der Waals surface area contributed by atoms with Crippen LogP contribution in [0.5, 0.6) is 0 Å². The molecule has 0 saturated carbocycles. The van der Waals surface area contributed by atoms with Gasteiger partial charge in [0.2, 0.25) is 0 Å². The van der Waals surface area contributed by atoms with Crippen LogP contribution in [0.15, 0.2) is 0 Å². The molecule has 0 aromatic heterocycles. The zero-order chi connectivity index (χ0) is 67.0. The lowest BCUT2D eigenvalue weighted by molar-refractivity contribution is -0.161. The van der Waals surface area contributed by atoms with Crippen LogP contribution in [0.2, 0.25) is 0 Å². The Bertz CT molecular complexity index is 1760. The average molecular weight is 1340 g/mol. The summed E-state index contributed by atoms with van der Waals surface area (Å²) in [5.74, 6) is -1.27. The van der Waals surface area contributed by atoms with Crippen molar-refractivity contribution < 1.29 is 80.2 Å². The van der Waals surface area contributed by atoms with Crippen LogP contribution >= 0.6 is 15.6 Å². The van der Waals surface area contributed by atoms with Crippen LogP contribution in [0, 0.1) is 5.92 Å². The van der Waals surface area contributed by atoms with E-state index in [1.165, 1.54) is 199 Å². The third-order valence-electron chi connectivity index (χ3n) is 17.1. The highest BCUT2D eigenvalue weighted by Gasteiger charge is 2.30. The molecular weight excluding hydrogens is 1200 g/mol. The Morgan fingerprint density at radius 1 is 0.308 bits per heavy atom. The molecule has 0 aromatic rings. The molecular formula is C72H140O17P2. The fourth-order valence-electron chi connectivity index (χ4n) is 11.0. The van der Waals surface area contributed by atoms with Gasteiger partial charge in [-0.05, 0) is 31.6 Å². The van der Waals surface area contributed by atoms with Gasteiger partial charge in [-0.3, -0.25) is 37.3 Å². The van der Waals surface area contributed by atoms with E-state index in [2.05, 4.69) is 34.6 Å². The number of carbonyl (C=O) groups excluding carboxylic acids is 4. The lowest BCUT2D eigenvalue weighted by atomic mass is 9.99. The van der Waals surface area contributed by atoms with E-state index < -0.39 is 97.5 Å². The van der Waals surface area contributed by atoms with Crippen LogP contribution in [-0.4, -0.2) is 96.7 Å². The van der Waals surface area contributed by atoms with Crippen molar-refractivity contribution in [3.63, 3.8) is 0 Å². The maximum absolute atomic E-state index is 13.0. The maximum atomic E-state index is 13.0. The number of esters is 4. The summed E-state index contributed by atoms with van der Waals surface area (Å²) in [4.78, 5) is 72.6. The van der Waals surface area contributed by atoms with Gasteiger partial charge in [-0.1, -0.05) is 324 Å². The fraction of sp³-hybridized carbons (Fsp3) is 0.944. The van der Waals surface area contributed by atoms with Crippen LogP contribution in [0.1, 0.15) is 375 Å². The third kappa shape index (κ3) is 65.1. The molecule has 0 radical (unpaired) electrons. The first-order chi connectivity index (χ1) is 44.1. The second kappa shape index (κ2) is 65.4. The van der Waals surface area contributed by atoms with E-state index in [1.807, 2.05) is 0 Å². The Hall–Kier alpha value is -1.94. The Morgan fingerprint density at radius 3 is 0.780 bits per heavy atom. The van der Waals surface area contributed by atoms with Crippen LogP contribution in [0.4, 0.5) is 0 Å². The summed E-state index contributed by atoms with van der Waals surface area (Å²) in [6, 6.07) is 0. The van der Waals surface area contributed by atoms with Crippen molar-refractivity contribution in [3.8, 4) is 0 Å². The molecule has 0 bridgehead atoms. The quantitative estimate of drug-likeness (QED) is 0.0222. The molecule has 3 unspecified atom stereocenters. The molecule has 0 amide bonds. The van der Waals surface area contributed by atoms with E-state index in [9.17, 15) is 43.2 Å². The third-order valence-corrected chi connectivity index (χ3v) is 19.0.